The van der Waals surface area contributed by atoms with Crippen LogP contribution in [0.25, 0.3) is 0 Å². The van der Waals surface area contributed by atoms with E-state index in [4.69, 9.17) is 0 Å². The van der Waals surface area contributed by atoms with Crippen molar-refractivity contribution in [1.29, 1.82) is 0 Å². The molecule has 0 radical (unpaired) electrons. The Bertz CT molecular complexity index is 327. The van der Waals surface area contributed by atoms with E-state index >= 15 is 0 Å². The summed E-state index contributed by atoms with van der Waals surface area (Å²) >= 11 is 0. The minimum absolute atomic E-state index is 0.788. The maximum absolute atomic E-state index is 3.87. The van der Waals surface area contributed by atoms with Crippen LogP contribution in [-0.2, 0) is 0 Å². The minimum Gasteiger partial charge on any atom is -0.310 e. The second-order valence-corrected chi connectivity index (χ2v) is 7.80. The molecule has 0 spiro atoms. The standard InChI is InChI=1S/C17H31N3/c1-19-15-5-2-6-16(19)11-17(10-15)20-9-3-4-14(12-20)18-13-7-8-13/h13-18H,2-12H2,1H3. The minimum atomic E-state index is 0.788. The molecule has 3 heterocycles. The number of fused-ring (bicyclic) bond motifs is 2. The van der Waals surface area contributed by atoms with Gasteiger partial charge >= 0.3 is 0 Å². The molecule has 3 unspecified atom stereocenters. The maximum atomic E-state index is 3.87. The van der Waals surface area contributed by atoms with Crippen molar-refractivity contribution in [1.82, 2.24) is 15.1 Å². The summed E-state index contributed by atoms with van der Waals surface area (Å²) in [5.41, 5.74) is 0. The Morgan fingerprint density at radius 3 is 2.25 bits per heavy atom. The molecule has 4 rings (SSSR count). The van der Waals surface area contributed by atoms with Crippen LogP contribution in [0.1, 0.15) is 57.8 Å². The number of rotatable bonds is 3. The summed E-state index contributed by atoms with van der Waals surface area (Å²) in [6.45, 7) is 2.68. The molecule has 4 aliphatic rings. The molecule has 1 saturated carbocycles. The quantitative estimate of drug-likeness (QED) is 0.853. The van der Waals surface area contributed by atoms with Gasteiger partial charge in [-0.1, -0.05) is 6.42 Å². The van der Waals surface area contributed by atoms with Gasteiger partial charge in [-0.3, -0.25) is 4.90 Å². The Morgan fingerprint density at radius 2 is 1.55 bits per heavy atom. The largest absolute Gasteiger partial charge is 0.310 e. The number of hydrogen-bond acceptors (Lipinski definition) is 3. The molecule has 0 aromatic heterocycles. The SMILES string of the molecule is CN1C2CCCC1CC(N1CCCC(NC3CC3)C1)C2. The van der Waals surface area contributed by atoms with E-state index in [1.54, 1.807) is 0 Å². The van der Waals surface area contributed by atoms with Gasteiger partial charge in [0.25, 0.3) is 0 Å². The van der Waals surface area contributed by atoms with Crippen LogP contribution in [0.4, 0.5) is 0 Å². The van der Waals surface area contributed by atoms with Gasteiger partial charge in [-0.05, 0) is 65.0 Å². The van der Waals surface area contributed by atoms with Gasteiger partial charge in [0, 0.05) is 36.8 Å². The highest BCUT2D eigenvalue weighted by atomic mass is 15.2. The zero-order valence-electron chi connectivity index (χ0n) is 13.1. The summed E-state index contributed by atoms with van der Waals surface area (Å²) in [5.74, 6) is 0. The van der Waals surface area contributed by atoms with Crippen molar-refractivity contribution >= 4 is 0 Å². The summed E-state index contributed by atoms with van der Waals surface area (Å²) in [4.78, 5) is 5.55. The fraction of sp³-hybridized carbons (Fsp3) is 1.00. The van der Waals surface area contributed by atoms with E-state index in [2.05, 4.69) is 22.2 Å². The lowest BCUT2D eigenvalue weighted by Gasteiger charge is -2.51. The molecule has 3 aliphatic heterocycles. The van der Waals surface area contributed by atoms with E-state index in [1.807, 2.05) is 0 Å². The van der Waals surface area contributed by atoms with Crippen molar-refractivity contribution in [2.45, 2.75) is 88.0 Å². The van der Waals surface area contributed by atoms with Crippen molar-refractivity contribution in [3.63, 3.8) is 0 Å². The van der Waals surface area contributed by atoms with Crippen LogP contribution in [0.3, 0.4) is 0 Å². The summed E-state index contributed by atoms with van der Waals surface area (Å²) in [6, 6.07) is 4.30. The molecule has 0 aromatic carbocycles. The highest BCUT2D eigenvalue weighted by Gasteiger charge is 2.39. The summed E-state index contributed by atoms with van der Waals surface area (Å²) in [5, 5.41) is 3.87. The Labute approximate surface area is 124 Å². The lowest BCUT2D eigenvalue weighted by atomic mass is 9.81. The van der Waals surface area contributed by atoms with Gasteiger partial charge in [-0.15, -0.1) is 0 Å². The van der Waals surface area contributed by atoms with E-state index in [0.29, 0.717) is 0 Å². The van der Waals surface area contributed by atoms with E-state index in [0.717, 1.165) is 30.2 Å². The molecule has 20 heavy (non-hydrogen) atoms. The Morgan fingerprint density at radius 1 is 0.800 bits per heavy atom. The first-order chi connectivity index (χ1) is 9.79. The predicted molar refractivity (Wildman–Crippen MR) is 83.0 cm³/mol. The van der Waals surface area contributed by atoms with Crippen molar-refractivity contribution in [2.75, 3.05) is 20.1 Å². The van der Waals surface area contributed by atoms with Crippen LogP contribution >= 0.6 is 0 Å². The molecule has 3 atom stereocenters. The molecule has 0 aromatic rings. The van der Waals surface area contributed by atoms with Crippen LogP contribution in [0.5, 0.6) is 0 Å². The highest BCUT2D eigenvalue weighted by molar-refractivity contribution is 4.96. The van der Waals surface area contributed by atoms with Crippen LogP contribution in [-0.4, -0.2) is 60.1 Å². The Kier molecular flexibility index (Phi) is 3.78. The van der Waals surface area contributed by atoms with E-state index in [1.165, 1.54) is 70.9 Å². The third-order valence-electron chi connectivity index (χ3n) is 6.33. The van der Waals surface area contributed by atoms with Crippen LogP contribution in [0, 0.1) is 0 Å². The molecule has 3 heteroatoms. The monoisotopic (exact) mass is 277 g/mol. The van der Waals surface area contributed by atoms with Crippen molar-refractivity contribution in [2.24, 2.45) is 0 Å². The topological polar surface area (TPSA) is 18.5 Å². The first-order valence-electron chi connectivity index (χ1n) is 9.01. The number of likely N-dealkylation sites (tertiary alicyclic amines) is 1. The molecule has 4 fully saturated rings. The molecule has 1 aliphatic carbocycles. The average Bonchev–Trinajstić information content (AvgIpc) is 3.22. The number of nitrogens with zero attached hydrogens (tertiary/aromatic N) is 2. The smallest absolute Gasteiger partial charge is 0.0198 e. The number of nitrogens with one attached hydrogen (secondary N) is 1. The second kappa shape index (κ2) is 5.58. The molecular weight excluding hydrogens is 246 g/mol. The van der Waals surface area contributed by atoms with Crippen molar-refractivity contribution in [3.05, 3.63) is 0 Å². The highest BCUT2D eigenvalue weighted by Crippen LogP contribution is 2.35. The molecule has 2 bridgehead atoms. The number of piperidine rings is 3. The third kappa shape index (κ3) is 2.77. The number of hydrogen-bond donors (Lipinski definition) is 1. The first kappa shape index (κ1) is 13.5. The predicted octanol–water partition coefficient (Wildman–Crippen LogP) is 2.22. The summed E-state index contributed by atoms with van der Waals surface area (Å²) < 4.78 is 0. The fourth-order valence-electron chi connectivity index (χ4n) is 4.94. The summed E-state index contributed by atoms with van der Waals surface area (Å²) in [6.07, 6.45) is 12.9. The van der Waals surface area contributed by atoms with Gasteiger partial charge in [-0.2, -0.15) is 0 Å². The Balaban J connectivity index is 1.37. The summed E-state index contributed by atoms with van der Waals surface area (Å²) in [7, 11) is 2.37. The van der Waals surface area contributed by atoms with E-state index < -0.39 is 0 Å². The van der Waals surface area contributed by atoms with Gasteiger partial charge in [0.1, 0.15) is 0 Å². The molecule has 3 nitrogen and oxygen atoms in total. The van der Waals surface area contributed by atoms with Crippen molar-refractivity contribution in [3.8, 4) is 0 Å². The van der Waals surface area contributed by atoms with Gasteiger partial charge < -0.3 is 10.2 Å². The second-order valence-electron chi connectivity index (χ2n) is 7.80. The lowest BCUT2D eigenvalue weighted by Crippen LogP contribution is -2.58. The fourth-order valence-corrected chi connectivity index (χ4v) is 4.94. The lowest BCUT2D eigenvalue weighted by molar-refractivity contribution is -0.000786. The van der Waals surface area contributed by atoms with Gasteiger partial charge in [0.05, 0.1) is 0 Å². The van der Waals surface area contributed by atoms with Crippen LogP contribution in [0.2, 0.25) is 0 Å². The molecular formula is C17H31N3. The van der Waals surface area contributed by atoms with Gasteiger partial charge in [0.2, 0.25) is 0 Å². The van der Waals surface area contributed by atoms with Gasteiger partial charge in [0.15, 0.2) is 0 Å². The van der Waals surface area contributed by atoms with Crippen LogP contribution in [0.15, 0.2) is 0 Å². The van der Waals surface area contributed by atoms with E-state index in [-0.39, 0.29) is 0 Å². The average molecular weight is 277 g/mol. The third-order valence-corrected chi connectivity index (χ3v) is 6.33. The maximum Gasteiger partial charge on any atom is 0.0198 e. The first-order valence-corrected chi connectivity index (χ1v) is 9.01. The molecule has 3 saturated heterocycles. The zero-order valence-corrected chi connectivity index (χ0v) is 13.1. The normalized spacial score (nSPS) is 43.6. The Hall–Kier alpha value is -0.120. The van der Waals surface area contributed by atoms with E-state index in [9.17, 15) is 0 Å². The molecule has 114 valence electrons. The van der Waals surface area contributed by atoms with Gasteiger partial charge in [-0.25, -0.2) is 0 Å². The molecule has 0 amide bonds. The van der Waals surface area contributed by atoms with Crippen LogP contribution < -0.4 is 5.32 Å². The molecule has 1 N–H and O–H groups in total. The zero-order chi connectivity index (χ0) is 13.5. The van der Waals surface area contributed by atoms with Crippen molar-refractivity contribution < 1.29 is 0 Å².